The van der Waals surface area contributed by atoms with E-state index in [1.165, 1.54) is 25.5 Å². The van der Waals surface area contributed by atoms with Crippen LogP contribution in [-0.2, 0) is 9.53 Å². The Hall–Kier alpha value is -1.79. The van der Waals surface area contributed by atoms with Crippen LogP contribution < -0.4 is 5.32 Å². The summed E-state index contributed by atoms with van der Waals surface area (Å²) in [6.45, 7) is 4.63. The molecule has 0 aromatic heterocycles. The summed E-state index contributed by atoms with van der Waals surface area (Å²) in [6, 6.07) is 8.43. The van der Waals surface area contributed by atoms with Gasteiger partial charge in [-0.1, -0.05) is 23.7 Å². The molecule has 0 spiro atoms. The van der Waals surface area contributed by atoms with Gasteiger partial charge in [0, 0.05) is 31.7 Å². The second-order valence-electron chi connectivity index (χ2n) is 7.53. The van der Waals surface area contributed by atoms with E-state index in [1.807, 2.05) is 19.2 Å². The maximum Gasteiger partial charge on any atom is 0.308 e. The molecule has 2 saturated heterocycles. The van der Waals surface area contributed by atoms with Crippen LogP contribution in [0.25, 0.3) is 0 Å². The number of benzene rings is 1. The van der Waals surface area contributed by atoms with E-state index in [0.29, 0.717) is 0 Å². The van der Waals surface area contributed by atoms with Crippen LogP contribution in [0.3, 0.4) is 0 Å². The number of nitrogens with one attached hydrogen (secondary N) is 1. The molecule has 7 heteroatoms. The molecule has 1 N–H and O–H groups in total. The zero-order valence-corrected chi connectivity index (χ0v) is 17.6. The van der Waals surface area contributed by atoms with Gasteiger partial charge in [-0.05, 0) is 56.5 Å². The molecule has 2 heterocycles. The number of nitrogens with zero attached hydrogens (tertiary/aromatic N) is 3. The molecule has 1 aromatic rings. The molecule has 154 valence electrons. The van der Waals surface area contributed by atoms with Gasteiger partial charge in [0.15, 0.2) is 5.96 Å². The molecule has 1 atom stereocenters. The first-order chi connectivity index (χ1) is 13.6. The molecule has 3 rings (SSSR count). The van der Waals surface area contributed by atoms with Gasteiger partial charge in [0.1, 0.15) is 0 Å². The zero-order chi connectivity index (χ0) is 19.9. The van der Waals surface area contributed by atoms with Crippen molar-refractivity contribution in [1.82, 2.24) is 15.1 Å². The highest BCUT2D eigenvalue weighted by molar-refractivity contribution is 6.30. The van der Waals surface area contributed by atoms with E-state index in [0.717, 1.165) is 56.5 Å². The van der Waals surface area contributed by atoms with Crippen molar-refractivity contribution in [2.45, 2.75) is 31.7 Å². The monoisotopic (exact) mass is 406 g/mol. The highest BCUT2D eigenvalue weighted by Crippen LogP contribution is 2.26. The lowest BCUT2D eigenvalue weighted by atomic mass is 9.97. The standard InChI is InChI=1S/C21H31ClN4O2/c1-23-21(26-12-8-16(9-13-26)20(27)28-2)24-15-19(25-10-3-4-11-25)17-6-5-7-18(22)14-17/h5-7,14,16,19H,3-4,8-13,15H2,1-2H3,(H,23,24). The maximum atomic E-state index is 11.8. The molecule has 2 fully saturated rings. The lowest BCUT2D eigenvalue weighted by molar-refractivity contribution is -0.146. The van der Waals surface area contributed by atoms with Gasteiger partial charge < -0.3 is 15.0 Å². The molecule has 0 amide bonds. The molecule has 1 unspecified atom stereocenters. The number of aliphatic imine (C=N–C) groups is 1. The van der Waals surface area contributed by atoms with Crippen molar-refractivity contribution in [3.8, 4) is 0 Å². The topological polar surface area (TPSA) is 57.2 Å². The van der Waals surface area contributed by atoms with Crippen molar-refractivity contribution < 1.29 is 9.53 Å². The Morgan fingerprint density at radius 2 is 2.00 bits per heavy atom. The minimum atomic E-state index is -0.0994. The SMILES string of the molecule is CN=C(NCC(c1cccc(Cl)c1)N1CCCC1)N1CCC(C(=O)OC)CC1. The van der Waals surface area contributed by atoms with Crippen molar-refractivity contribution in [2.75, 3.05) is 46.9 Å². The van der Waals surface area contributed by atoms with Crippen molar-refractivity contribution in [3.05, 3.63) is 34.9 Å². The first kappa shape index (κ1) is 20.9. The third-order valence-corrected chi connectivity index (χ3v) is 6.04. The Kier molecular flexibility index (Phi) is 7.57. The third kappa shape index (κ3) is 5.17. The average molecular weight is 407 g/mol. The van der Waals surface area contributed by atoms with Crippen LogP contribution >= 0.6 is 11.6 Å². The number of halogens is 1. The van der Waals surface area contributed by atoms with E-state index >= 15 is 0 Å². The fourth-order valence-electron chi connectivity index (χ4n) is 4.24. The van der Waals surface area contributed by atoms with Gasteiger partial charge in [0.05, 0.1) is 19.1 Å². The summed E-state index contributed by atoms with van der Waals surface area (Å²) in [6.07, 6.45) is 4.09. The number of hydrogen-bond acceptors (Lipinski definition) is 4. The van der Waals surface area contributed by atoms with Gasteiger partial charge in [0.2, 0.25) is 0 Å². The number of carbonyl (C=O) groups is 1. The summed E-state index contributed by atoms with van der Waals surface area (Å²) < 4.78 is 4.89. The van der Waals surface area contributed by atoms with Crippen LogP contribution in [0.15, 0.2) is 29.3 Å². The van der Waals surface area contributed by atoms with Crippen LogP contribution in [0, 0.1) is 5.92 Å². The first-order valence-electron chi connectivity index (χ1n) is 10.2. The van der Waals surface area contributed by atoms with E-state index in [1.54, 1.807) is 0 Å². The molecule has 2 aliphatic heterocycles. The lowest BCUT2D eigenvalue weighted by Gasteiger charge is -2.35. The van der Waals surface area contributed by atoms with Crippen LogP contribution in [0.1, 0.15) is 37.3 Å². The fraction of sp³-hybridized carbons (Fsp3) is 0.619. The van der Waals surface area contributed by atoms with E-state index < -0.39 is 0 Å². The largest absolute Gasteiger partial charge is 0.469 e. The van der Waals surface area contributed by atoms with Crippen molar-refractivity contribution in [1.29, 1.82) is 0 Å². The number of hydrogen-bond donors (Lipinski definition) is 1. The number of piperidine rings is 1. The summed E-state index contributed by atoms with van der Waals surface area (Å²) in [5, 5.41) is 4.34. The van der Waals surface area contributed by atoms with Crippen LogP contribution in [0.2, 0.25) is 5.02 Å². The van der Waals surface area contributed by atoms with Crippen molar-refractivity contribution in [2.24, 2.45) is 10.9 Å². The molecule has 0 bridgehead atoms. The van der Waals surface area contributed by atoms with Crippen LogP contribution in [0.5, 0.6) is 0 Å². The van der Waals surface area contributed by atoms with Crippen LogP contribution in [0.4, 0.5) is 0 Å². The van der Waals surface area contributed by atoms with Gasteiger partial charge in [-0.2, -0.15) is 0 Å². The predicted octanol–water partition coefficient (Wildman–Crippen LogP) is 2.94. The summed E-state index contributed by atoms with van der Waals surface area (Å²) in [5.74, 6) is 0.801. The second kappa shape index (κ2) is 10.1. The highest BCUT2D eigenvalue weighted by atomic mass is 35.5. The Morgan fingerprint density at radius 3 is 2.61 bits per heavy atom. The molecule has 6 nitrogen and oxygen atoms in total. The van der Waals surface area contributed by atoms with Crippen LogP contribution in [-0.4, -0.2) is 68.6 Å². The summed E-state index contributed by atoms with van der Waals surface area (Å²) in [5.41, 5.74) is 1.24. The quantitative estimate of drug-likeness (QED) is 0.463. The smallest absolute Gasteiger partial charge is 0.308 e. The van der Waals surface area contributed by atoms with Gasteiger partial charge >= 0.3 is 5.97 Å². The van der Waals surface area contributed by atoms with Gasteiger partial charge in [0.25, 0.3) is 0 Å². The Balaban J connectivity index is 1.62. The molecular weight excluding hydrogens is 376 g/mol. The zero-order valence-electron chi connectivity index (χ0n) is 16.9. The molecule has 1 aromatic carbocycles. The van der Waals surface area contributed by atoms with Crippen molar-refractivity contribution >= 4 is 23.5 Å². The molecule has 0 radical (unpaired) electrons. The first-order valence-corrected chi connectivity index (χ1v) is 10.5. The summed E-state index contributed by atoms with van der Waals surface area (Å²) in [4.78, 5) is 21.0. The Labute approximate surface area is 172 Å². The molecular formula is C21H31ClN4O2. The number of rotatable bonds is 5. The predicted molar refractivity (Wildman–Crippen MR) is 113 cm³/mol. The number of methoxy groups -OCH3 is 1. The lowest BCUT2D eigenvalue weighted by Crippen LogP contribution is -2.48. The Bertz CT molecular complexity index is 683. The number of likely N-dealkylation sites (tertiary alicyclic amines) is 2. The highest BCUT2D eigenvalue weighted by Gasteiger charge is 2.28. The van der Waals surface area contributed by atoms with E-state index in [-0.39, 0.29) is 17.9 Å². The van der Waals surface area contributed by atoms with Gasteiger partial charge in [-0.15, -0.1) is 0 Å². The number of ether oxygens (including phenoxy) is 1. The third-order valence-electron chi connectivity index (χ3n) is 5.81. The minimum Gasteiger partial charge on any atom is -0.469 e. The minimum absolute atomic E-state index is 0.00293. The normalized spacial score (nSPS) is 20.2. The van der Waals surface area contributed by atoms with Gasteiger partial charge in [-0.3, -0.25) is 14.7 Å². The van der Waals surface area contributed by atoms with E-state index in [9.17, 15) is 4.79 Å². The summed E-state index contributed by atoms with van der Waals surface area (Å²) >= 11 is 6.25. The number of guanidine groups is 1. The maximum absolute atomic E-state index is 11.8. The number of esters is 1. The molecule has 2 aliphatic rings. The van der Waals surface area contributed by atoms with E-state index in [4.69, 9.17) is 16.3 Å². The Morgan fingerprint density at radius 1 is 1.29 bits per heavy atom. The number of carbonyl (C=O) groups excluding carboxylic acids is 1. The molecule has 0 saturated carbocycles. The van der Waals surface area contributed by atoms with Gasteiger partial charge in [-0.25, -0.2) is 0 Å². The fourth-order valence-corrected chi connectivity index (χ4v) is 4.44. The summed E-state index contributed by atoms with van der Waals surface area (Å²) in [7, 11) is 3.28. The second-order valence-corrected chi connectivity index (χ2v) is 7.96. The average Bonchev–Trinajstić information content (AvgIpc) is 3.25. The molecule has 0 aliphatic carbocycles. The van der Waals surface area contributed by atoms with Crippen molar-refractivity contribution in [3.63, 3.8) is 0 Å². The molecule has 28 heavy (non-hydrogen) atoms. The van der Waals surface area contributed by atoms with E-state index in [2.05, 4.69) is 32.2 Å².